The van der Waals surface area contributed by atoms with E-state index in [9.17, 15) is 4.79 Å². The highest BCUT2D eigenvalue weighted by Crippen LogP contribution is 2.23. The maximum Gasteiger partial charge on any atom is 0.221 e. The van der Waals surface area contributed by atoms with Crippen LogP contribution in [0.4, 0.5) is 0 Å². The minimum absolute atomic E-state index is 0.0295. The summed E-state index contributed by atoms with van der Waals surface area (Å²) in [5.41, 5.74) is 6.19. The molecule has 0 radical (unpaired) electrons. The van der Waals surface area contributed by atoms with Crippen LogP contribution in [-0.2, 0) is 4.79 Å². The number of hydrogen-bond donors (Lipinski definition) is 2. The zero-order chi connectivity index (χ0) is 11.6. The van der Waals surface area contributed by atoms with Gasteiger partial charge in [0.05, 0.1) is 0 Å². The topological polar surface area (TPSA) is 58.4 Å². The number of rotatable bonds is 6. The largest absolute Gasteiger partial charge is 0.353 e. The Bertz CT molecular complexity index is 257. The fourth-order valence-corrected chi connectivity index (χ4v) is 2.45. The smallest absolute Gasteiger partial charge is 0.221 e. The average molecular weight is 225 g/mol. The monoisotopic (exact) mass is 225 g/mol. The summed E-state index contributed by atoms with van der Waals surface area (Å²) in [7, 11) is 0. The van der Waals surface area contributed by atoms with Crippen LogP contribution in [0.5, 0.6) is 0 Å². The number of likely N-dealkylation sites (tertiary alicyclic amines) is 1. The lowest BCUT2D eigenvalue weighted by Gasteiger charge is -2.48. The normalized spacial score (nSPS) is 23.9. The van der Waals surface area contributed by atoms with Gasteiger partial charge in [-0.05, 0) is 19.3 Å². The van der Waals surface area contributed by atoms with Crippen molar-refractivity contribution in [2.75, 3.05) is 19.6 Å². The van der Waals surface area contributed by atoms with Crippen molar-refractivity contribution in [1.82, 2.24) is 10.2 Å². The highest BCUT2D eigenvalue weighted by molar-refractivity contribution is 5.76. The molecule has 0 unspecified atom stereocenters. The van der Waals surface area contributed by atoms with E-state index < -0.39 is 0 Å². The maximum absolute atomic E-state index is 11.5. The van der Waals surface area contributed by atoms with Crippen molar-refractivity contribution in [3.8, 4) is 0 Å². The molecule has 1 heterocycles. The summed E-state index contributed by atoms with van der Waals surface area (Å²) in [6.07, 6.45) is 5.19. The van der Waals surface area contributed by atoms with Crippen LogP contribution in [0.1, 0.15) is 39.0 Å². The zero-order valence-electron chi connectivity index (χ0n) is 10.2. The Morgan fingerprint density at radius 3 is 2.75 bits per heavy atom. The minimum atomic E-state index is 0.0295. The molecule has 4 heteroatoms. The lowest BCUT2D eigenvalue weighted by Crippen LogP contribution is -2.67. The first-order valence-corrected chi connectivity index (χ1v) is 6.42. The van der Waals surface area contributed by atoms with Gasteiger partial charge in [-0.15, -0.1) is 0 Å². The van der Waals surface area contributed by atoms with Gasteiger partial charge in [0.2, 0.25) is 5.91 Å². The maximum atomic E-state index is 11.5. The lowest BCUT2D eigenvalue weighted by atomic mass is 9.86. The van der Waals surface area contributed by atoms with Crippen molar-refractivity contribution in [3.63, 3.8) is 0 Å². The van der Waals surface area contributed by atoms with Gasteiger partial charge in [0.15, 0.2) is 0 Å². The van der Waals surface area contributed by atoms with Crippen LogP contribution in [0.15, 0.2) is 0 Å². The summed E-state index contributed by atoms with van der Waals surface area (Å²) in [6.45, 7) is 4.94. The molecular weight excluding hydrogens is 202 g/mol. The SMILES string of the molecule is CCCC1(N)CN(CCC(=O)NC2CC2)C1. The van der Waals surface area contributed by atoms with Gasteiger partial charge in [-0.1, -0.05) is 13.3 Å². The van der Waals surface area contributed by atoms with Gasteiger partial charge >= 0.3 is 0 Å². The van der Waals surface area contributed by atoms with Crippen molar-refractivity contribution in [2.24, 2.45) is 5.73 Å². The molecular formula is C12H23N3O. The van der Waals surface area contributed by atoms with Gasteiger partial charge in [-0.2, -0.15) is 0 Å². The lowest BCUT2D eigenvalue weighted by molar-refractivity contribution is -0.122. The van der Waals surface area contributed by atoms with Crippen LogP contribution in [-0.4, -0.2) is 42.0 Å². The van der Waals surface area contributed by atoms with E-state index in [2.05, 4.69) is 17.1 Å². The highest BCUT2D eigenvalue weighted by atomic mass is 16.1. The molecule has 0 atom stereocenters. The Kier molecular flexibility index (Phi) is 3.50. The van der Waals surface area contributed by atoms with E-state index in [0.29, 0.717) is 12.5 Å². The fraction of sp³-hybridized carbons (Fsp3) is 0.917. The summed E-state index contributed by atoms with van der Waals surface area (Å²) in [5, 5.41) is 3.01. The summed E-state index contributed by atoms with van der Waals surface area (Å²) in [4.78, 5) is 13.7. The summed E-state index contributed by atoms with van der Waals surface area (Å²) in [5.74, 6) is 0.201. The molecule has 2 fully saturated rings. The highest BCUT2D eigenvalue weighted by Gasteiger charge is 2.38. The third-order valence-electron chi connectivity index (χ3n) is 3.42. The molecule has 4 nitrogen and oxygen atoms in total. The van der Waals surface area contributed by atoms with Crippen LogP contribution in [0.3, 0.4) is 0 Å². The minimum Gasteiger partial charge on any atom is -0.353 e. The van der Waals surface area contributed by atoms with Crippen LogP contribution < -0.4 is 11.1 Å². The van der Waals surface area contributed by atoms with Gasteiger partial charge in [-0.25, -0.2) is 0 Å². The molecule has 92 valence electrons. The van der Waals surface area contributed by atoms with Crippen LogP contribution in [0.2, 0.25) is 0 Å². The number of nitrogens with one attached hydrogen (secondary N) is 1. The van der Waals surface area contributed by atoms with E-state index in [1.54, 1.807) is 0 Å². The number of nitrogens with two attached hydrogens (primary N) is 1. The quantitative estimate of drug-likeness (QED) is 0.691. The number of carbonyl (C=O) groups is 1. The molecule has 3 N–H and O–H groups in total. The molecule has 2 aliphatic rings. The summed E-state index contributed by atoms with van der Waals surface area (Å²) in [6, 6.07) is 0.484. The Morgan fingerprint density at radius 2 is 2.19 bits per heavy atom. The summed E-state index contributed by atoms with van der Waals surface area (Å²) >= 11 is 0. The molecule has 1 saturated heterocycles. The molecule has 1 saturated carbocycles. The van der Waals surface area contributed by atoms with Crippen LogP contribution in [0.25, 0.3) is 0 Å². The van der Waals surface area contributed by atoms with Crippen molar-refractivity contribution in [2.45, 2.75) is 50.6 Å². The molecule has 0 aromatic rings. The zero-order valence-corrected chi connectivity index (χ0v) is 10.2. The standard InChI is InChI=1S/C12H23N3O/c1-2-6-12(13)8-15(9-12)7-5-11(16)14-10-3-4-10/h10H,2-9,13H2,1H3,(H,14,16). The molecule has 16 heavy (non-hydrogen) atoms. The molecule has 1 aliphatic heterocycles. The van der Waals surface area contributed by atoms with Gasteiger partial charge in [-0.3, -0.25) is 9.69 Å². The van der Waals surface area contributed by atoms with E-state index in [0.717, 1.165) is 45.3 Å². The van der Waals surface area contributed by atoms with Crippen molar-refractivity contribution >= 4 is 5.91 Å². The molecule has 0 aromatic carbocycles. The van der Waals surface area contributed by atoms with E-state index in [-0.39, 0.29) is 11.4 Å². The Balaban J connectivity index is 1.56. The molecule has 1 amide bonds. The van der Waals surface area contributed by atoms with Gasteiger partial charge in [0, 0.05) is 37.6 Å². The van der Waals surface area contributed by atoms with E-state index in [1.807, 2.05) is 0 Å². The van der Waals surface area contributed by atoms with Gasteiger partial charge < -0.3 is 11.1 Å². The summed E-state index contributed by atoms with van der Waals surface area (Å²) < 4.78 is 0. The second kappa shape index (κ2) is 4.72. The van der Waals surface area contributed by atoms with Gasteiger partial charge in [0.25, 0.3) is 0 Å². The predicted molar refractivity (Wildman–Crippen MR) is 64.0 cm³/mol. The third-order valence-corrected chi connectivity index (χ3v) is 3.42. The van der Waals surface area contributed by atoms with Crippen LogP contribution in [0, 0.1) is 0 Å². The number of amides is 1. The van der Waals surface area contributed by atoms with Crippen molar-refractivity contribution in [1.29, 1.82) is 0 Å². The first-order chi connectivity index (χ1) is 7.61. The Labute approximate surface area is 97.6 Å². The first kappa shape index (κ1) is 11.9. The molecule has 2 rings (SSSR count). The number of hydrogen-bond acceptors (Lipinski definition) is 3. The Hall–Kier alpha value is -0.610. The molecule has 0 bridgehead atoms. The number of nitrogens with zero attached hydrogens (tertiary/aromatic N) is 1. The predicted octanol–water partition coefficient (Wildman–Crippen LogP) is 0.468. The second-order valence-electron chi connectivity index (χ2n) is 5.41. The van der Waals surface area contributed by atoms with Crippen molar-refractivity contribution < 1.29 is 4.79 Å². The Morgan fingerprint density at radius 1 is 1.50 bits per heavy atom. The van der Waals surface area contributed by atoms with Gasteiger partial charge in [0.1, 0.15) is 0 Å². The van der Waals surface area contributed by atoms with E-state index in [4.69, 9.17) is 5.73 Å². The average Bonchev–Trinajstić information content (AvgIpc) is 2.95. The van der Waals surface area contributed by atoms with Crippen LogP contribution >= 0.6 is 0 Å². The fourth-order valence-electron chi connectivity index (χ4n) is 2.45. The van der Waals surface area contributed by atoms with E-state index >= 15 is 0 Å². The molecule has 0 spiro atoms. The number of carbonyl (C=O) groups excluding carboxylic acids is 1. The molecule has 1 aliphatic carbocycles. The third kappa shape index (κ3) is 3.19. The van der Waals surface area contributed by atoms with E-state index in [1.165, 1.54) is 0 Å². The second-order valence-corrected chi connectivity index (χ2v) is 5.41. The first-order valence-electron chi connectivity index (χ1n) is 6.42. The molecule has 0 aromatic heterocycles. The van der Waals surface area contributed by atoms with Crippen molar-refractivity contribution in [3.05, 3.63) is 0 Å².